The molecule has 1 fully saturated rings. The van der Waals surface area contributed by atoms with Gasteiger partial charge < -0.3 is 4.98 Å². The largest absolute Gasteiger partial charge is 0.347 e. The van der Waals surface area contributed by atoms with Crippen LogP contribution in [0.1, 0.15) is 39.6 Å². The van der Waals surface area contributed by atoms with Gasteiger partial charge in [-0.25, -0.2) is 4.98 Å². The number of aromatic nitrogens is 2. The Balaban J connectivity index is 1.88. The first-order valence-corrected chi connectivity index (χ1v) is 8.58. The van der Waals surface area contributed by atoms with E-state index in [2.05, 4.69) is 59.2 Å². The first-order valence-electron chi connectivity index (χ1n) is 7.59. The second-order valence-electron chi connectivity index (χ2n) is 6.38. The molecular weight excluding hydrogens is 268 g/mol. The number of hydrogen-bond donors (Lipinski definition) is 1. The smallest absolute Gasteiger partial charge is 0.124 e. The van der Waals surface area contributed by atoms with Gasteiger partial charge in [0.25, 0.3) is 0 Å². The lowest BCUT2D eigenvalue weighted by molar-refractivity contribution is 0.0784. The molecule has 2 rings (SSSR count). The molecule has 2 heterocycles. The van der Waals surface area contributed by atoms with Gasteiger partial charge in [0.15, 0.2) is 0 Å². The van der Waals surface area contributed by atoms with E-state index in [9.17, 15) is 0 Å². The first-order chi connectivity index (χ1) is 9.49. The maximum atomic E-state index is 4.46. The fourth-order valence-corrected chi connectivity index (χ4v) is 3.62. The summed E-state index contributed by atoms with van der Waals surface area (Å²) in [7, 11) is 0. The van der Waals surface area contributed by atoms with E-state index >= 15 is 0 Å². The van der Waals surface area contributed by atoms with E-state index in [0.717, 1.165) is 25.5 Å². The predicted octanol–water partition coefficient (Wildman–Crippen LogP) is 2.62. The predicted molar refractivity (Wildman–Crippen MR) is 87.2 cm³/mol. The third-order valence-corrected chi connectivity index (χ3v) is 5.01. The van der Waals surface area contributed by atoms with Gasteiger partial charge in [0.2, 0.25) is 0 Å². The number of likely N-dealkylation sites (N-methyl/N-ethyl adjacent to an activating group) is 1. The van der Waals surface area contributed by atoms with Gasteiger partial charge in [0.05, 0.1) is 6.04 Å². The number of thioether (sulfide) groups is 1. The minimum Gasteiger partial charge on any atom is -0.347 e. The molecule has 0 radical (unpaired) electrons. The average Bonchev–Trinajstić information content (AvgIpc) is 2.91. The Bertz CT molecular complexity index is 385. The molecule has 0 unspecified atom stereocenters. The van der Waals surface area contributed by atoms with Gasteiger partial charge in [-0.2, -0.15) is 11.8 Å². The molecule has 1 aliphatic rings. The molecule has 1 N–H and O–H groups in total. The van der Waals surface area contributed by atoms with Gasteiger partial charge in [-0.3, -0.25) is 9.80 Å². The van der Waals surface area contributed by atoms with Crippen molar-refractivity contribution in [1.82, 2.24) is 19.8 Å². The number of piperazine rings is 1. The maximum Gasteiger partial charge on any atom is 0.124 e. The molecule has 20 heavy (non-hydrogen) atoms. The zero-order valence-corrected chi connectivity index (χ0v) is 14.0. The van der Waals surface area contributed by atoms with Crippen molar-refractivity contribution >= 4 is 11.8 Å². The van der Waals surface area contributed by atoms with Crippen molar-refractivity contribution in [3.05, 3.63) is 18.2 Å². The summed E-state index contributed by atoms with van der Waals surface area (Å²) in [6.45, 7) is 14.8. The molecule has 0 spiro atoms. The fourth-order valence-electron chi connectivity index (χ4n) is 2.66. The van der Waals surface area contributed by atoms with Crippen molar-refractivity contribution in [3.63, 3.8) is 0 Å². The summed E-state index contributed by atoms with van der Waals surface area (Å²) in [5.41, 5.74) is 0. The lowest BCUT2D eigenvalue weighted by Crippen LogP contribution is -2.49. The van der Waals surface area contributed by atoms with Crippen LogP contribution < -0.4 is 0 Å². The molecule has 0 saturated carbocycles. The monoisotopic (exact) mass is 296 g/mol. The molecule has 1 aliphatic heterocycles. The number of nitrogens with one attached hydrogen (secondary N) is 1. The summed E-state index contributed by atoms with van der Waals surface area (Å²) in [6, 6.07) is 0.420. The highest BCUT2D eigenvalue weighted by Gasteiger charge is 2.28. The van der Waals surface area contributed by atoms with Crippen LogP contribution in [0.15, 0.2) is 12.4 Å². The van der Waals surface area contributed by atoms with E-state index in [0.29, 0.717) is 10.8 Å². The number of rotatable bonds is 5. The first kappa shape index (κ1) is 15.9. The molecule has 1 aromatic heterocycles. The Morgan fingerprint density at radius 2 is 2.20 bits per heavy atom. The molecule has 0 aliphatic carbocycles. The zero-order chi connectivity index (χ0) is 14.6. The lowest BCUT2D eigenvalue weighted by Gasteiger charge is -2.40. The molecular formula is C15H28N4S. The van der Waals surface area contributed by atoms with E-state index in [-0.39, 0.29) is 0 Å². The van der Waals surface area contributed by atoms with Crippen LogP contribution in [0, 0.1) is 0 Å². The summed E-state index contributed by atoms with van der Waals surface area (Å²) in [5.74, 6) is 2.32. The molecule has 4 nitrogen and oxygen atoms in total. The summed E-state index contributed by atoms with van der Waals surface area (Å²) in [5, 5.41) is 0. The van der Waals surface area contributed by atoms with E-state index in [1.54, 1.807) is 0 Å². The average molecular weight is 296 g/mol. The highest BCUT2D eigenvalue weighted by Crippen LogP contribution is 2.25. The molecule has 114 valence electrons. The van der Waals surface area contributed by atoms with Crippen molar-refractivity contribution in [3.8, 4) is 0 Å². The van der Waals surface area contributed by atoms with Crippen molar-refractivity contribution in [2.45, 2.75) is 38.5 Å². The van der Waals surface area contributed by atoms with Crippen LogP contribution >= 0.6 is 11.8 Å². The number of imidazole rings is 1. The lowest BCUT2D eigenvalue weighted by atomic mass is 10.1. The molecule has 0 aromatic carbocycles. The Labute approximate surface area is 127 Å². The molecule has 1 saturated heterocycles. The van der Waals surface area contributed by atoms with Crippen LogP contribution in [-0.4, -0.2) is 63.0 Å². The van der Waals surface area contributed by atoms with Gasteiger partial charge in [0, 0.05) is 49.1 Å². The van der Waals surface area contributed by atoms with Crippen LogP contribution in [-0.2, 0) is 0 Å². The number of aromatic amines is 1. The Kier molecular flexibility index (Phi) is 5.52. The minimum atomic E-state index is 0.367. The normalized spacial score (nSPS) is 22.3. The van der Waals surface area contributed by atoms with Crippen LogP contribution in [0.25, 0.3) is 0 Å². The summed E-state index contributed by atoms with van der Waals surface area (Å²) >= 11 is 2.05. The van der Waals surface area contributed by atoms with Crippen LogP contribution in [0.5, 0.6) is 0 Å². The van der Waals surface area contributed by atoms with Crippen molar-refractivity contribution < 1.29 is 0 Å². The molecule has 5 heteroatoms. The summed E-state index contributed by atoms with van der Waals surface area (Å²) in [6.07, 6.45) is 3.79. The van der Waals surface area contributed by atoms with Crippen molar-refractivity contribution in [1.29, 1.82) is 0 Å². The minimum absolute atomic E-state index is 0.367. The standard InChI is InChI=1S/C15H28N4S/c1-5-19-9-8-18(10-11-20-15(2,3)4)12-13(19)14-16-6-7-17-14/h6-7,13H,5,8-12H2,1-4H3,(H,16,17)/t13-/m1/s1. The third kappa shape index (κ3) is 4.50. The van der Waals surface area contributed by atoms with E-state index in [1.165, 1.54) is 18.8 Å². The van der Waals surface area contributed by atoms with E-state index in [1.807, 2.05) is 12.4 Å². The zero-order valence-electron chi connectivity index (χ0n) is 13.2. The maximum absolute atomic E-state index is 4.46. The SMILES string of the molecule is CCN1CCN(CCSC(C)(C)C)C[C@@H]1c1ncc[nH]1. The van der Waals surface area contributed by atoms with Crippen molar-refractivity contribution in [2.24, 2.45) is 0 Å². The van der Waals surface area contributed by atoms with E-state index in [4.69, 9.17) is 0 Å². The number of nitrogens with zero attached hydrogens (tertiary/aromatic N) is 3. The molecule has 0 amide bonds. The Morgan fingerprint density at radius 3 is 2.80 bits per heavy atom. The fraction of sp³-hybridized carbons (Fsp3) is 0.800. The van der Waals surface area contributed by atoms with Gasteiger partial charge in [-0.05, 0) is 6.54 Å². The Hall–Kier alpha value is -0.520. The third-order valence-electron chi connectivity index (χ3n) is 3.76. The second-order valence-corrected chi connectivity index (χ2v) is 8.30. The van der Waals surface area contributed by atoms with Crippen LogP contribution in [0.4, 0.5) is 0 Å². The second kappa shape index (κ2) is 6.96. The van der Waals surface area contributed by atoms with Crippen molar-refractivity contribution in [2.75, 3.05) is 38.5 Å². The summed E-state index contributed by atoms with van der Waals surface area (Å²) < 4.78 is 0.367. The van der Waals surface area contributed by atoms with Crippen LogP contribution in [0.3, 0.4) is 0 Å². The molecule has 1 atom stereocenters. The highest BCUT2D eigenvalue weighted by atomic mass is 32.2. The molecule has 0 bridgehead atoms. The van der Waals surface area contributed by atoms with Gasteiger partial charge in [-0.1, -0.05) is 27.7 Å². The van der Waals surface area contributed by atoms with Gasteiger partial charge in [0.1, 0.15) is 5.82 Å². The van der Waals surface area contributed by atoms with E-state index < -0.39 is 0 Å². The summed E-state index contributed by atoms with van der Waals surface area (Å²) in [4.78, 5) is 12.9. The van der Waals surface area contributed by atoms with Crippen LogP contribution in [0.2, 0.25) is 0 Å². The highest BCUT2D eigenvalue weighted by molar-refractivity contribution is 8.00. The van der Waals surface area contributed by atoms with Gasteiger partial charge in [-0.15, -0.1) is 0 Å². The Morgan fingerprint density at radius 1 is 1.40 bits per heavy atom. The number of H-pyrrole nitrogens is 1. The number of hydrogen-bond acceptors (Lipinski definition) is 4. The molecule has 1 aromatic rings. The quantitative estimate of drug-likeness (QED) is 0.906. The van der Waals surface area contributed by atoms with Gasteiger partial charge >= 0.3 is 0 Å². The topological polar surface area (TPSA) is 35.2 Å².